The van der Waals surface area contributed by atoms with E-state index in [1.54, 1.807) is 38.1 Å². The van der Waals surface area contributed by atoms with Gasteiger partial charge in [-0.3, -0.25) is 4.79 Å². The predicted molar refractivity (Wildman–Crippen MR) is 85.0 cm³/mol. The molecule has 0 spiro atoms. The van der Waals surface area contributed by atoms with Crippen molar-refractivity contribution < 1.29 is 19.4 Å². The van der Waals surface area contributed by atoms with Gasteiger partial charge in [-0.15, -0.1) is 0 Å². The smallest absolute Gasteiger partial charge is 0.339 e. The van der Waals surface area contributed by atoms with Crippen LogP contribution in [-0.2, 0) is 9.53 Å². The molecule has 1 aromatic carbocycles. The van der Waals surface area contributed by atoms with Crippen molar-refractivity contribution in [3.63, 3.8) is 0 Å². The molecule has 2 aromatic rings. The van der Waals surface area contributed by atoms with Crippen molar-refractivity contribution in [2.75, 3.05) is 11.9 Å². The lowest BCUT2D eigenvalue weighted by atomic mass is 10.2. The van der Waals surface area contributed by atoms with Crippen LogP contribution < -0.4 is 5.32 Å². The fourth-order valence-electron chi connectivity index (χ4n) is 2.16. The number of benzene rings is 1. The highest BCUT2D eigenvalue weighted by Gasteiger charge is 2.15. The second kappa shape index (κ2) is 7.06. The Morgan fingerprint density at radius 1 is 1.43 bits per heavy atom. The average Bonchev–Trinajstić information content (AvgIpc) is 2.89. The molecule has 7 nitrogen and oxygen atoms in total. The molecule has 1 atom stereocenters. The lowest BCUT2D eigenvalue weighted by Crippen LogP contribution is -2.27. The summed E-state index contributed by atoms with van der Waals surface area (Å²) in [5.41, 5.74) is 1.91. The van der Waals surface area contributed by atoms with Crippen molar-refractivity contribution in [2.24, 2.45) is 0 Å². The van der Waals surface area contributed by atoms with Crippen LogP contribution in [0.4, 0.5) is 5.69 Å². The SMILES string of the molecule is CCOC(C)C(=O)Nc1cccc(-n2ncc(C(=O)O)c2C)c1. The lowest BCUT2D eigenvalue weighted by Gasteiger charge is -2.13. The molecule has 0 saturated carbocycles. The van der Waals surface area contributed by atoms with Crippen LogP contribution in [0.15, 0.2) is 30.5 Å². The monoisotopic (exact) mass is 317 g/mol. The highest BCUT2D eigenvalue weighted by molar-refractivity contribution is 5.94. The minimum atomic E-state index is -1.02. The Balaban J connectivity index is 2.23. The molecule has 7 heteroatoms. The van der Waals surface area contributed by atoms with Gasteiger partial charge in [-0.25, -0.2) is 9.48 Å². The number of carboxylic acids is 1. The minimum Gasteiger partial charge on any atom is -0.478 e. The number of rotatable bonds is 6. The van der Waals surface area contributed by atoms with Crippen LogP contribution in [0, 0.1) is 6.92 Å². The maximum absolute atomic E-state index is 12.0. The van der Waals surface area contributed by atoms with Crippen LogP contribution >= 0.6 is 0 Å². The molecule has 0 fully saturated rings. The van der Waals surface area contributed by atoms with Gasteiger partial charge in [-0.05, 0) is 39.0 Å². The average molecular weight is 317 g/mol. The van der Waals surface area contributed by atoms with Crippen molar-refractivity contribution in [3.05, 3.63) is 41.7 Å². The summed E-state index contributed by atoms with van der Waals surface area (Å²) in [4.78, 5) is 23.1. The molecule has 0 aliphatic heterocycles. The number of nitrogens with one attached hydrogen (secondary N) is 1. The normalized spacial score (nSPS) is 12.0. The van der Waals surface area contributed by atoms with Crippen LogP contribution in [0.25, 0.3) is 5.69 Å². The summed E-state index contributed by atoms with van der Waals surface area (Å²) in [6, 6.07) is 7.02. The summed E-state index contributed by atoms with van der Waals surface area (Å²) < 4.78 is 6.76. The largest absolute Gasteiger partial charge is 0.478 e. The summed E-state index contributed by atoms with van der Waals surface area (Å²) >= 11 is 0. The number of aromatic carboxylic acids is 1. The first-order valence-electron chi connectivity index (χ1n) is 7.24. The van der Waals surface area contributed by atoms with Gasteiger partial charge >= 0.3 is 5.97 Å². The molecule has 1 amide bonds. The van der Waals surface area contributed by atoms with Gasteiger partial charge in [-0.2, -0.15) is 5.10 Å². The fraction of sp³-hybridized carbons (Fsp3) is 0.312. The Hall–Kier alpha value is -2.67. The molecule has 2 N–H and O–H groups in total. The highest BCUT2D eigenvalue weighted by atomic mass is 16.5. The first kappa shape index (κ1) is 16.7. The number of carboxylic acid groups (broad SMARTS) is 1. The molecule has 2 rings (SSSR count). The maximum atomic E-state index is 12.0. The van der Waals surface area contributed by atoms with Crippen molar-refractivity contribution in [2.45, 2.75) is 26.9 Å². The van der Waals surface area contributed by atoms with E-state index in [-0.39, 0.29) is 11.5 Å². The van der Waals surface area contributed by atoms with E-state index < -0.39 is 12.1 Å². The number of anilines is 1. The van der Waals surface area contributed by atoms with Crippen LogP contribution in [0.3, 0.4) is 0 Å². The van der Waals surface area contributed by atoms with Crippen molar-refractivity contribution >= 4 is 17.6 Å². The standard InChI is InChI=1S/C16H19N3O4/c1-4-23-11(3)15(20)18-12-6-5-7-13(8-12)19-10(2)14(9-17-19)16(21)22/h5-9,11H,4H2,1-3H3,(H,18,20)(H,21,22). The topological polar surface area (TPSA) is 93.5 Å². The minimum absolute atomic E-state index is 0.143. The molecule has 1 unspecified atom stereocenters. The van der Waals surface area contributed by atoms with Crippen molar-refractivity contribution in [3.8, 4) is 5.69 Å². The first-order chi connectivity index (χ1) is 10.9. The maximum Gasteiger partial charge on any atom is 0.339 e. The Labute approximate surface area is 133 Å². The number of carbonyl (C=O) groups excluding carboxylic acids is 1. The van der Waals surface area contributed by atoms with E-state index in [2.05, 4.69) is 10.4 Å². The van der Waals surface area contributed by atoms with E-state index in [0.29, 0.717) is 23.7 Å². The highest BCUT2D eigenvalue weighted by Crippen LogP contribution is 2.18. The Morgan fingerprint density at radius 2 is 2.17 bits per heavy atom. The second-order valence-electron chi connectivity index (χ2n) is 5.00. The Bertz CT molecular complexity index is 724. The molecular formula is C16H19N3O4. The Morgan fingerprint density at radius 3 is 2.78 bits per heavy atom. The van der Waals surface area contributed by atoms with Crippen LogP contribution in [0.5, 0.6) is 0 Å². The van der Waals surface area contributed by atoms with Crippen molar-refractivity contribution in [1.29, 1.82) is 0 Å². The number of carbonyl (C=O) groups is 2. The van der Waals surface area contributed by atoms with Gasteiger partial charge in [0.05, 0.1) is 17.6 Å². The molecule has 122 valence electrons. The van der Waals surface area contributed by atoms with E-state index in [4.69, 9.17) is 9.84 Å². The summed E-state index contributed by atoms with van der Waals surface area (Å²) in [5.74, 6) is -1.27. The molecule has 1 aromatic heterocycles. The van der Waals surface area contributed by atoms with Gasteiger partial charge in [0.15, 0.2) is 0 Å². The summed E-state index contributed by atoms with van der Waals surface area (Å²) in [6.07, 6.45) is 0.758. The number of aromatic nitrogens is 2. The number of hydrogen-bond acceptors (Lipinski definition) is 4. The third-order valence-corrected chi connectivity index (χ3v) is 3.38. The van der Waals surface area contributed by atoms with Crippen LogP contribution in [0.1, 0.15) is 29.9 Å². The van der Waals surface area contributed by atoms with Crippen LogP contribution in [0.2, 0.25) is 0 Å². The third-order valence-electron chi connectivity index (χ3n) is 3.38. The summed E-state index contributed by atoms with van der Waals surface area (Å²) in [7, 11) is 0. The van der Waals surface area contributed by atoms with Gasteiger partial charge in [0.25, 0.3) is 5.91 Å². The van der Waals surface area contributed by atoms with Gasteiger partial charge in [0.1, 0.15) is 11.7 Å². The number of amides is 1. The zero-order chi connectivity index (χ0) is 17.0. The van der Waals surface area contributed by atoms with E-state index >= 15 is 0 Å². The quantitative estimate of drug-likeness (QED) is 0.852. The molecular weight excluding hydrogens is 298 g/mol. The lowest BCUT2D eigenvalue weighted by molar-refractivity contribution is -0.126. The number of nitrogens with zero attached hydrogens (tertiary/aromatic N) is 2. The summed E-state index contributed by atoms with van der Waals surface area (Å²) in [5, 5.41) is 15.9. The van der Waals surface area contributed by atoms with Gasteiger partial charge in [-0.1, -0.05) is 6.07 Å². The molecule has 0 saturated heterocycles. The van der Waals surface area contributed by atoms with E-state index in [1.165, 1.54) is 10.9 Å². The molecule has 0 aliphatic rings. The molecule has 0 bridgehead atoms. The van der Waals surface area contributed by atoms with Gasteiger partial charge < -0.3 is 15.2 Å². The molecule has 1 heterocycles. The van der Waals surface area contributed by atoms with Gasteiger partial charge in [0, 0.05) is 12.3 Å². The number of ether oxygens (including phenoxy) is 1. The molecule has 0 radical (unpaired) electrons. The van der Waals surface area contributed by atoms with E-state index in [0.717, 1.165) is 0 Å². The zero-order valence-corrected chi connectivity index (χ0v) is 13.2. The van der Waals surface area contributed by atoms with E-state index in [1.807, 2.05) is 6.92 Å². The Kier molecular flexibility index (Phi) is 5.13. The van der Waals surface area contributed by atoms with E-state index in [9.17, 15) is 9.59 Å². The first-order valence-corrected chi connectivity index (χ1v) is 7.24. The third kappa shape index (κ3) is 3.75. The summed E-state index contributed by atoms with van der Waals surface area (Å²) in [6.45, 7) is 5.64. The molecule has 23 heavy (non-hydrogen) atoms. The predicted octanol–water partition coefficient (Wildman–Crippen LogP) is 2.24. The van der Waals surface area contributed by atoms with Gasteiger partial charge in [0.2, 0.25) is 0 Å². The van der Waals surface area contributed by atoms with Crippen molar-refractivity contribution in [1.82, 2.24) is 9.78 Å². The zero-order valence-electron chi connectivity index (χ0n) is 13.2. The molecule has 0 aliphatic carbocycles. The van der Waals surface area contributed by atoms with Crippen LogP contribution in [-0.4, -0.2) is 39.5 Å². The number of hydrogen-bond donors (Lipinski definition) is 2. The fourth-order valence-corrected chi connectivity index (χ4v) is 2.16. The second-order valence-corrected chi connectivity index (χ2v) is 5.00.